The lowest BCUT2D eigenvalue weighted by molar-refractivity contribution is 0.302. The first-order chi connectivity index (χ1) is 12.4. The maximum Gasteiger partial charge on any atom is 0.129 e. The Balaban J connectivity index is 1.82. The molecule has 2 aromatic heterocycles. The number of hydrogen-bond donors (Lipinski definition) is 0. The van der Waals surface area contributed by atoms with Crippen LogP contribution in [0.1, 0.15) is 5.56 Å². The molecule has 3 heteroatoms. The van der Waals surface area contributed by atoms with Crippen LogP contribution in [0, 0.1) is 0 Å². The van der Waals surface area contributed by atoms with Crippen molar-refractivity contribution >= 4 is 11.3 Å². The van der Waals surface area contributed by atoms with Gasteiger partial charge in [0, 0.05) is 11.1 Å². The maximum atomic E-state index is 6.01. The van der Waals surface area contributed by atoms with Crippen LogP contribution in [0.15, 0.2) is 78.2 Å². The second kappa shape index (κ2) is 5.87. The third kappa shape index (κ3) is 2.44. The largest absolute Gasteiger partial charge is 0.488 e. The third-order valence-corrected chi connectivity index (χ3v) is 5.39. The van der Waals surface area contributed by atoms with Gasteiger partial charge in [0.2, 0.25) is 0 Å². The summed E-state index contributed by atoms with van der Waals surface area (Å²) in [5.74, 6) is 0.907. The fraction of sp³-hybridized carbons (Fsp3) is 0.0455. The first kappa shape index (κ1) is 14.4. The third-order valence-electron chi connectivity index (χ3n) is 4.50. The highest BCUT2D eigenvalue weighted by Gasteiger charge is 2.23. The van der Waals surface area contributed by atoms with Gasteiger partial charge in [-0.25, -0.2) is 4.98 Å². The SMILES string of the molecule is c1ccc(-c2cc(-c3cccs3)nc3c2COc2ccccc2-3)cc1. The number of nitrogens with zero attached hydrogens (tertiary/aromatic N) is 1. The summed E-state index contributed by atoms with van der Waals surface area (Å²) < 4.78 is 6.01. The zero-order chi connectivity index (χ0) is 16.6. The number of hydrogen-bond acceptors (Lipinski definition) is 3. The lowest BCUT2D eigenvalue weighted by Crippen LogP contribution is -2.09. The Labute approximate surface area is 150 Å². The fourth-order valence-corrected chi connectivity index (χ4v) is 3.99. The molecule has 0 N–H and O–H groups in total. The molecule has 2 nitrogen and oxygen atoms in total. The molecule has 0 saturated carbocycles. The summed E-state index contributed by atoms with van der Waals surface area (Å²) >= 11 is 1.72. The first-order valence-electron chi connectivity index (χ1n) is 8.25. The second-order valence-corrected chi connectivity index (χ2v) is 6.96. The number of rotatable bonds is 2. The smallest absolute Gasteiger partial charge is 0.129 e. The van der Waals surface area contributed by atoms with Crippen molar-refractivity contribution in [1.29, 1.82) is 0 Å². The molecule has 0 bridgehead atoms. The monoisotopic (exact) mass is 341 g/mol. The molecular formula is C22H15NOS. The van der Waals surface area contributed by atoms with Crippen LogP contribution in [0.2, 0.25) is 0 Å². The Bertz CT molecular complexity index is 1020. The van der Waals surface area contributed by atoms with E-state index in [9.17, 15) is 0 Å². The van der Waals surface area contributed by atoms with Crippen molar-refractivity contribution in [3.8, 4) is 38.7 Å². The maximum absolute atomic E-state index is 6.01. The van der Waals surface area contributed by atoms with Crippen LogP contribution in [0.25, 0.3) is 33.0 Å². The Kier molecular flexibility index (Phi) is 3.39. The fourth-order valence-electron chi connectivity index (χ4n) is 3.30. The number of thiophene rings is 1. The van der Waals surface area contributed by atoms with Gasteiger partial charge in [-0.3, -0.25) is 0 Å². The number of pyridine rings is 1. The summed E-state index contributed by atoms with van der Waals surface area (Å²) in [6.45, 7) is 0.550. The molecule has 0 atom stereocenters. The van der Waals surface area contributed by atoms with E-state index in [0.717, 1.165) is 28.3 Å². The van der Waals surface area contributed by atoms with Crippen LogP contribution in [-0.4, -0.2) is 4.98 Å². The van der Waals surface area contributed by atoms with Gasteiger partial charge in [0.25, 0.3) is 0 Å². The van der Waals surface area contributed by atoms with E-state index in [1.807, 2.05) is 24.3 Å². The van der Waals surface area contributed by atoms with Gasteiger partial charge in [-0.05, 0) is 40.8 Å². The summed E-state index contributed by atoms with van der Waals surface area (Å²) in [4.78, 5) is 6.20. The highest BCUT2D eigenvalue weighted by Crippen LogP contribution is 2.42. The molecular weight excluding hydrogens is 326 g/mol. The minimum absolute atomic E-state index is 0.550. The van der Waals surface area contributed by atoms with Gasteiger partial charge >= 0.3 is 0 Å². The summed E-state index contributed by atoms with van der Waals surface area (Å²) in [5, 5.41) is 2.09. The molecule has 0 fully saturated rings. The zero-order valence-corrected chi connectivity index (χ0v) is 14.3. The number of benzene rings is 2. The molecule has 1 aliphatic heterocycles. The zero-order valence-electron chi connectivity index (χ0n) is 13.5. The molecule has 25 heavy (non-hydrogen) atoms. The molecule has 0 spiro atoms. The van der Waals surface area contributed by atoms with Gasteiger partial charge in [-0.2, -0.15) is 0 Å². The molecule has 3 heterocycles. The van der Waals surface area contributed by atoms with Gasteiger partial charge in [-0.15, -0.1) is 11.3 Å². The number of ether oxygens (including phenoxy) is 1. The Morgan fingerprint density at radius 3 is 2.52 bits per heavy atom. The van der Waals surface area contributed by atoms with Crippen molar-refractivity contribution in [2.45, 2.75) is 6.61 Å². The molecule has 0 amide bonds. The molecule has 1 aliphatic rings. The number of aromatic nitrogens is 1. The average Bonchev–Trinajstić information content (AvgIpc) is 3.22. The predicted octanol–water partition coefficient (Wildman–Crippen LogP) is 6.04. The molecule has 120 valence electrons. The summed E-state index contributed by atoms with van der Waals surface area (Å²) in [6, 6.07) is 25.0. The van der Waals surface area contributed by atoms with Crippen LogP contribution in [-0.2, 0) is 6.61 Å². The lowest BCUT2D eigenvalue weighted by atomic mass is 9.93. The molecule has 5 rings (SSSR count). The molecule has 0 saturated heterocycles. The van der Waals surface area contributed by atoms with Gasteiger partial charge in [0.1, 0.15) is 12.4 Å². The van der Waals surface area contributed by atoms with Crippen molar-refractivity contribution in [2.75, 3.05) is 0 Å². The summed E-state index contributed by atoms with van der Waals surface area (Å²) in [5.41, 5.74) is 6.67. The van der Waals surface area contributed by atoms with Crippen LogP contribution in [0.4, 0.5) is 0 Å². The second-order valence-electron chi connectivity index (χ2n) is 6.01. The van der Waals surface area contributed by atoms with E-state index in [1.165, 1.54) is 16.0 Å². The van der Waals surface area contributed by atoms with Gasteiger partial charge in [-0.1, -0.05) is 48.5 Å². The van der Waals surface area contributed by atoms with Crippen molar-refractivity contribution < 1.29 is 4.74 Å². The van der Waals surface area contributed by atoms with E-state index in [0.29, 0.717) is 6.61 Å². The topological polar surface area (TPSA) is 22.1 Å². The molecule has 0 unspecified atom stereocenters. The molecule has 0 radical (unpaired) electrons. The highest BCUT2D eigenvalue weighted by atomic mass is 32.1. The molecule has 0 aliphatic carbocycles. The summed E-state index contributed by atoms with van der Waals surface area (Å²) in [7, 11) is 0. The minimum atomic E-state index is 0.550. The van der Waals surface area contributed by atoms with Crippen LogP contribution < -0.4 is 4.74 Å². The quantitative estimate of drug-likeness (QED) is 0.444. The van der Waals surface area contributed by atoms with E-state index >= 15 is 0 Å². The minimum Gasteiger partial charge on any atom is -0.488 e. The first-order valence-corrected chi connectivity index (χ1v) is 9.13. The Hall–Kier alpha value is -2.91. The van der Waals surface area contributed by atoms with Crippen molar-refractivity contribution in [1.82, 2.24) is 4.98 Å². The average molecular weight is 341 g/mol. The van der Waals surface area contributed by atoms with Crippen LogP contribution in [0.5, 0.6) is 5.75 Å². The number of para-hydroxylation sites is 1. The highest BCUT2D eigenvalue weighted by molar-refractivity contribution is 7.13. The predicted molar refractivity (Wildman–Crippen MR) is 103 cm³/mol. The Morgan fingerprint density at radius 2 is 1.68 bits per heavy atom. The standard InChI is InChI=1S/C22H15NOS/c1-2-7-15(8-3-1)17-13-19(21-11-6-12-25-21)23-22-16-9-4-5-10-20(16)24-14-18(17)22/h1-13H,14H2. The van der Waals surface area contributed by atoms with Crippen LogP contribution >= 0.6 is 11.3 Å². The summed E-state index contributed by atoms with van der Waals surface area (Å²) in [6.07, 6.45) is 0. The van der Waals surface area contributed by atoms with E-state index < -0.39 is 0 Å². The van der Waals surface area contributed by atoms with Crippen molar-refractivity contribution in [3.05, 3.63) is 83.7 Å². The van der Waals surface area contributed by atoms with E-state index in [2.05, 4.69) is 53.9 Å². The lowest BCUT2D eigenvalue weighted by Gasteiger charge is -2.23. The molecule has 4 aromatic rings. The number of fused-ring (bicyclic) bond motifs is 3. The van der Waals surface area contributed by atoms with Gasteiger partial charge in [0.05, 0.1) is 16.3 Å². The normalized spacial score (nSPS) is 12.2. The van der Waals surface area contributed by atoms with E-state index in [4.69, 9.17) is 9.72 Å². The van der Waals surface area contributed by atoms with Crippen molar-refractivity contribution in [3.63, 3.8) is 0 Å². The van der Waals surface area contributed by atoms with E-state index in [1.54, 1.807) is 11.3 Å². The van der Waals surface area contributed by atoms with Crippen molar-refractivity contribution in [2.24, 2.45) is 0 Å². The van der Waals surface area contributed by atoms with Gasteiger partial charge < -0.3 is 4.74 Å². The van der Waals surface area contributed by atoms with Crippen LogP contribution in [0.3, 0.4) is 0 Å². The van der Waals surface area contributed by atoms with Gasteiger partial charge in [0.15, 0.2) is 0 Å². The molecule has 2 aromatic carbocycles. The Morgan fingerprint density at radius 1 is 0.840 bits per heavy atom. The van der Waals surface area contributed by atoms with E-state index in [-0.39, 0.29) is 0 Å².